The second-order valence-electron chi connectivity index (χ2n) is 4.44. The Bertz CT molecular complexity index is 221. The van der Waals surface area contributed by atoms with Crippen LogP contribution in [0.15, 0.2) is 0 Å². The Kier molecular flexibility index (Phi) is 9.86. The lowest BCUT2D eigenvalue weighted by Crippen LogP contribution is -2.34. The second-order valence-corrected chi connectivity index (χ2v) is 4.44. The number of ether oxygens (including phenoxy) is 4. The van der Waals surface area contributed by atoms with Crippen LogP contribution < -0.4 is 5.73 Å². The quantitative estimate of drug-likeness (QED) is 0.423. The number of hydrogen-bond acceptors (Lipinski definition) is 6. The third kappa shape index (κ3) is 8.41. The molecule has 0 saturated heterocycles. The summed E-state index contributed by atoms with van der Waals surface area (Å²) >= 11 is 0. The Morgan fingerprint density at radius 3 is 2.00 bits per heavy atom. The standard InChI is InChI=1S/C12H25NO5/c1-12(2,10-13)11(14)18-9-8-17-7-6-16-5-4-15-3/h4-10,13H2,1-3H3. The van der Waals surface area contributed by atoms with Gasteiger partial charge in [-0.3, -0.25) is 4.79 Å². The molecular formula is C12H25NO5. The Balaban J connectivity index is 3.33. The number of rotatable bonds is 11. The van der Waals surface area contributed by atoms with E-state index in [2.05, 4.69) is 0 Å². The van der Waals surface area contributed by atoms with Crippen LogP contribution in [0.5, 0.6) is 0 Å². The molecule has 6 heteroatoms. The Morgan fingerprint density at radius 2 is 1.50 bits per heavy atom. The largest absolute Gasteiger partial charge is 0.463 e. The van der Waals surface area contributed by atoms with Gasteiger partial charge in [0.1, 0.15) is 6.61 Å². The highest BCUT2D eigenvalue weighted by molar-refractivity contribution is 5.76. The fourth-order valence-electron chi connectivity index (χ4n) is 0.936. The Morgan fingerprint density at radius 1 is 1.00 bits per heavy atom. The summed E-state index contributed by atoms with van der Waals surface area (Å²) in [5, 5.41) is 0. The van der Waals surface area contributed by atoms with Crippen LogP contribution in [0, 0.1) is 5.41 Å². The summed E-state index contributed by atoms with van der Waals surface area (Å²) in [7, 11) is 1.62. The maximum absolute atomic E-state index is 11.5. The molecule has 0 bridgehead atoms. The Hall–Kier alpha value is -0.690. The van der Waals surface area contributed by atoms with E-state index in [1.165, 1.54) is 0 Å². The molecule has 0 aliphatic rings. The average molecular weight is 263 g/mol. The van der Waals surface area contributed by atoms with E-state index in [4.69, 9.17) is 24.7 Å². The van der Waals surface area contributed by atoms with Crippen molar-refractivity contribution in [3.05, 3.63) is 0 Å². The van der Waals surface area contributed by atoms with Gasteiger partial charge < -0.3 is 24.7 Å². The number of carbonyl (C=O) groups excluding carboxylic acids is 1. The molecule has 18 heavy (non-hydrogen) atoms. The first-order valence-electron chi connectivity index (χ1n) is 6.06. The molecular weight excluding hydrogens is 238 g/mol. The number of methoxy groups -OCH3 is 1. The highest BCUT2D eigenvalue weighted by Crippen LogP contribution is 2.14. The summed E-state index contributed by atoms with van der Waals surface area (Å²) in [6.45, 7) is 6.47. The monoisotopic (exact) mass is 263 g/mol. The third-order valence-electron chi connectivity index (χ3n) is 2.33. The van der Waals surface area contributed by atoms with Crippen molar-refractivity contribution in [3.63, 3.8) is 0 Å². The zero-order valence-corrected chi connectivity index (χ0v) is 11.6. The number of hydrogen-bond donors (Lipinski definition) is 1. The summed E-state index contributed by atoms with van der Waals surface area (Å²) in [4.78, 5) is 11.5. The molecule has 0 rings (SSSR count). The highest BCUT2D eigenvalue weighted by atomic mass is 16.6. The predicted octanol–water partition coefficient (Wildman–Crippen LogP) is 0.194. The molecule has 0 aliphatic heterocycles. The smallest absolute Gasteiger partial charge is 0.312 e. The SMILES string of the molecule is COCCOCCOCCOC(=O)C(C)(C)CN. The van der Waals surface area contributed by atoms with E-state index in [0.717, 1.165) is 0 Å². The van der Waals surface area contributed by atoms with Crippen LogP contribution >= 0.6 is 0 Å². The van der Waals surface area contributed by atoms with Crippen molar-refractivity contribution >= 4 is 5.97 Å². The third-order valence-corrected chi connectivity index (χ3v) is 2.33. The summed E-state index contributed by atoms with van der Waals surface area (Å²) in [5.41, 5.74) is 4.82. The van der Waals surface area contributed by atoms with Gasteiger partial charge >= 0.3 is 5.97 Å². The predicted molar refractivity (Wildman–Crippen MR) is 67.3 cm³/mol. The summed E-state index contributed by atoms with van der Waals surface area (Å²) in [6.07, 6.45) is 0. The molecule has 0 aromatic carbocycles. The van der Waals surface area contributed by atoms with Crippen molar-refractivity contribution in [1.29, 1.82) is 0 Å². The molecule has 0 atom stereocenters. The lowest BCUT2D eigenvalue weighted by Gasteiger charge is -2.19. The molecule has 6 nitrogen and oxygen atoms in total. The van der Waals surface area contributed by atoms with Crippen molar-refractivity contribution in [2.45, 2.75) is 13.8 Å². The van der Waals surface area contributed by atoms with Crippen LogP contribution in [0.4, 0.5) is 0 Å². The van der Waals surface area contributed by atoms with Gasteiger partial charge in [0.2, 0.25) is 0 Å². The molecule has 0 unspecified atom stereocenters. The highest BCUT2D eigenvalue weighted by Gasteiger charge is 2.27. The topological polar surface area (TPSA) is 80.0 Å². The summed E-state index contributed by atoms with van der Waals surface area (Å²) in [6, 6.07) is 0. The molecule has 0 aromatic heterocycles. The first kappa shape index (κ1) is 17.3. The first-order chi connectivity index (χ1) is 8.54. The van der Waals surface area contributed by atoms with E-state index in [-0.39, 0.29) is 19.1 Å². The van der Waals surface area contributed by atoms with Crippen LogP contribution in [-0.4, -0.2) is 59.3 Å². The van der Waals surface area contributed by atoms with Crippen molar-refractivity contribution < 1.29 is 23.7 Å². The molecule has 0 radical (unpaired) electrons. The number of carbonyl (C=O) groups is 1. The van der Waals surface area contributed by atoms with Crippen LogP contribution in [-0.2, 0) is 23.7 Å². The molecule has 0 heterocycles. The molecule has 0 aromatic rings. The van der Waals surface area contributed by atoms with E-state index in [0.29, 0.717) is 33.0 Å². The van der Waals surface area contributed by atoms with Gasteiger partial charge in [0.05, 0.1) is 38.4 Å². The molecule has 0 saturated carbocycles. The molecule has 0 fully saturated rings. The molecule has 0 amide bonds. The lowest BCUT2D eigenvalue weighted by molar-refractivity contribution is -0.155. The Labute approximate surface area is 109 Å². The van der Waals surface area contributed by atoms with Crippen LogP contribution in [0.1, 0.15) is 13.8 Å². The number of esters is 1. The summed E-state index contributed by atoms with van der Waals surface area (Å²) < 4.78 is 20.3. The van der Waals surface area contributed by atoms with E-state index in [1.807, 2.05) is 0 Å². The van der Waals surface area contributed by atoms with E-state index < -0.39 is 5.41 Å². The van der Waals surface area contributed by atoms with Crippen molar-refractivity contribution in [3.8, 4) is 0 Å². The maximum Gasteiger partial charge on any atom is 0.312 e. The normalized spacial score (nSPS) is 11.6. The first-order valence-corrected chi connectivity index (χ1v) is 6.06. The molecule has 2 N–H and O–H groups in total. The van der Waals surface area contributed by atoms with E-state index in [9.17, 15) is 4.79 Å². The molecule has 108 valence electrons. The van der Waals surface area contributed by atoms with Gasteiger partial charge in [-0.2, -0.15) is 0 Å². The van der Waals surface area contributed by atoms with Gasteiger partial charge in [-0.05, 0) is 13.8 Å². The van der Waals surface area contributed by atoms with Crippen LogP contribution in [0.2, 0.25) is 0 Å². The fraction of sp³-hybridized carbons (Fsp3) is 0.917. The van der Waals surface area contributed by atoms with Crippen molar-refractivity contribution in [2.24, 2.45) is 11.1 Å². The summed E-state index contributed by atoms with van der Waals surface area (Å²) in [5.74, 6) is -0.301. The second kappa shape index (κ2) is 10.3. The average Bonchev–Trinajstić information content (AvgIpc) is 2.36. The van der Waals surface area contributed by atoms with Gasteiger partial charge in [0.25, 0.3) is 0 Å². The molecule has 0 aliphatic carbocycles. The molecule has 0 spiro atoms. The minimum atomic E-state index is -0.636. The zero-order valence-electron chi connectivity index (χ0n) is 11.6. The van der Waals surface area contributed by atoms with E-state index in [1.54, 1.807) is 21.0 Å². The van der Waals surface area contributed by atoms with E-state index >= 15 is 0 Å². The van der Waals surface area contributed by atoms with Crippen molar-refractivity contribution in [2.75, 3.05) is 53.3 Å². The fourth-order valence-corrected chi connectivity index (χ4v) is 0.936. The van der Waals surface area contributed by atoms with Gasteiger partial charge in [-0.15, -0.1) is 0 Å². The van der Waals surface area contributed by atoms with Gasteiger partial charge in [-0.1, -0.05) is 0 Å². The zero-order chi connectivity index (χ0) is 13.9. The van der Waals surface area contributed by atoms with Crippen molar-refractivity contribution in [1.82, 2.24) is 0 Å². The minimum Gasteiger partial charge on any atom is -0.463 e. The van der Waals surface area contributed by atoms with Gasteiger partial charge in [0, 0.05) is 13.7 Å². The van der Waals surface area contributed by atoms with Gasteiger partial charge in [0.15, 0.2) is 0 Å². The lowest BCUT2D eigenvalue weighted by atomic mass is 9.94. The van der Waals surface area contributed by atoms with Crippen LogP contribution in [0.3, 0.4) is 0 Å². The minimum absolute atomic E-state index is 0.236. The maximum atomic E-state index is 11.5. The van der Waals surface area contributed by atoms with Crippen LogP contribution in [0.25, 0.3) is 0 Å². The number of nitrogens with two attached hydrogens (primary N) is 1. The van der Waals surface area contributed by atoms with Gasteiger partial charge in [-0.25, -0.2) is 0 Å².